The van der Waals surface area contributed by atoms with Gasteiger partial charge in [-0.25, -0.2) is 0 Å². The van der Waals surface area contributed by atoms with Crippen LogP contribution < -0.4 is 5.73 Å². The summed E-state index contributed by atoms with van der Waals surface area (Å²) in [6, 6.07) is 0. The van der Waals surface area contributed by atoms with Crippen LogP contribution in [0, 0.1) is 5.92 Å². The third-order valence-electron chi connectivity index (χ3n) is 2.51. The highest BCUT2D eigenvalue weighted by Crippen LogP contribution is 2.25. The maximum atomic E-state index is 9.60. The SMILES string of the molecule is COC1OC(CN)C(O)[C@@H](C)[C@H]1O. The Bertz CT molecular complexity index is 146. The Morgan fingerprint density at radius 2 is 2.00 bits per heavy atom. The summed E-state index contributed by atoms with van der Waals surface area (Å²) in [4.78, 5) is 0. The van der Waals surface area contributed by atoms with E-state index in [0.29, 0.717) is 0 Å². The second-order valence-corrected chi connectivity index (χ2v) is 3.35. The summed E-state index contributed by atoms with van der Waals surface area (Å²) in [5.41, 5.74) is 5.40. The topological polar surface area (TPSA) is 84.9 Å². The number of aliphatic hydroxyl groups is 2. The van der Waals surface area contributed by atoms with Crippen molar-refractivity contribution in [2.75, 3.05) is 13.7 Å². The molecule has 0 radical (unpaired) electrons. The maximum absolute atomic E-state index is 9.60. The van der Waals surface area contributed by atoms with Crippen LogP contribution in [0.3, 0.4) is 0 Å². The lowest BCUT2D eigenvalue weighted by molar-refractivity contribution is -0.272. The van der Waals surface area contributed by atoms with E-state index in [0.717, 1.165) is 0 Å². The van der Waals surface area contributed by atoms with E-state index in [4.69, 9.17) is 15.2 Å². The Balaban J connectivity index is 2.66. The second-order valence-electron chi connectivity index (χ2n) is 3.35. The fourth-order valence-electron chi connectivity index (χ4n) is 1.51. The molecule has 5 heteroatoms. The number of hydrogen-bond acceptors (Lipinski definition) is 5. The smallest absolute Gasteiger partial charge is 0.183 e. The van der Waals surface area contributed by atoms with Gasteiger partial charge in [-0.15, -0.1) is 0 Å². The van der Waals surface area contributed by atoms with Crippen molar-refractivity contribution in [3.05, 3.63) is 0 Å². The first-order chi connectivity index (χ1) is 6.11. The largest absolute Gasteiger partial charge is 0.390 e. The van der Waals surface area contributed by atoms with Crippen LogP contribution in [0.15, 0.2) is 0 Å². The van der Waals surface area contributed by atoms with Crippen LogP contribution in [0.1, 0.15) is 6.92 Å². The molecular formula is C8H17NO4. The molecule has 1 saturated heterocycles. The summed E-state index contributed by atoms with van der Waals surface area (Å²) < 4.78 is 10.1. The molecule has 78 valence electrons. The molecule has 0 amide bonds. The molecule has 5 nitrogen and oxygen atoms in total. The number of methoxy groups -OCH3 is 1. The number of nitrogens with two attached hydrogens (primary N) is 1. The molecule has 0 aliphatic carbocycles. The Morgan fingerprint density at radius 1 is 1.38 bits per heavy atom. The highest BCUT2D eigenvalue weighted by molar-refractivity contribution is 4.86. The van der Waals surface area contributed by atoms with Crippen LogP contribution in [-0.2, 0) is 9.47 Å². The van der Waals surface area contributed by atoms with Crippen LogP contribution in [0.2, 0.25) is 0 Å². The first-order valence-electron chi connectivity index (χ1n) is 4.36. The fourth-order valence-corrected chi connectivity index (χ4v) is 1.51. The van der Waals surface area contributed by atoms with Crippen molar-refractivity contribution in [2.45, 2.75) is 31.5 Å². The van der Waals surface area contributed by atoms with E-state index in [-0.39, 0.29) is 12.5 Å². The van der Waals surface area contributed by atoms with Gasteiger partial charge in [0.25, 0.3) is 0 Å². The lowest BCUT2D eigenvalue weighted by Gasteiger charge is -2.40. The van der Waals surface area contributed by atoms with Gasteiger partial charge in [0.2, 0.25) is 0 Å². The van der Waals surface area contributed by atoms with Crippen molar-refractivity contribution in [3.63, 3.8) is 0 Å². The van der Waals surface area contributed by atoms with E-state index in [1.807, 2.05) is 0 Å². The highest BCUT2D eigenvalue weighted by Gasteiger charge is 2.41. The molecule has 0 aromatic rings. The van der Waals surface area contributed by atoms with Gasteiger partial charge in [-0.05, 0) is 0 Å². The Labute approximate surface area is 77.4 Å². The summed E-state index contributed by atoms with van der Waals surface area (Å²) in [6.45, 7) is 1.96. The molecule has 0 spiro atoms. The molecule has 1 aliphatic heterocycles. The monoisotopic (exact) mass is 191 g/mol. The van der Waals surface area contributed by atoms with Gasteiger partial charge in [-0.2, -0.15) is 0 Å². The standard InChI is InChI=1S/C8H17NO4/c1-4-6(10)5(3-9)13-8(12-2)7(4)11/h4-8,10-11H,3,9H2,1-2H3/t4-,5?,6?,7-,8?/m1/s1. The molecule has 1 heterocycles. The molecule has 0 aromatic heterocycles. The molecule has 5 atom stereocenters. The van der Waals surface area contributed by atoms with Gasteiger partial charge in [0.15, 0.2) is 6.29 Å². The summed E-state index contributed by atoms with van der Waals surface area (Å²) in [5, 5.41) is 19.2. The third-order valence-corrected chi connectivity index (χ3v) is 2.51. The van der Waals surface area contributed by atoms with Crippen LogP contribution >= 0.6 is 0 Å². The zero-order valence-electron chi connectivity index (χ0n) is 7.88. The summed E-state index contributed by atoms with van der Waals surface area (Å²) >= 11 is 0. The normalized spacial score (nSPS) is 46.4. The minimum atomic E-state index is -0.803. The molecule has 1 rings (SSSR count). The molecular weight excluding hydrogens is 174 g/mol. The summed E-state index contributed by atoms with van der Waals surface area (Å²) in [6.07, 6.45) is -2.68. The number of hydrogen-bond donors (Lipinski definition) is 3. The minimum Gasteiger partial charge on any atom is -0.390 e. The first-order valence-corrected chi connectivity index (χ1v) is 4.36. The predicted octanol–water partition coefficient (Wildman–Crippen LogP) is -1.33. The van der Waals surface area contributed by atoms with E-state index < -0.39 is 24.6 Å². The lowest BCUT2D eigenvalue weighted by atomic mass is 9.91. The predicted molar refractivity (Wildman–Crippen MR) is 45.9 cm³/mol. The first kappa shape index (κ1) is 10.9. The average molecular weight is 191 g/mol. The van der Waals surface area contributed by atoms with Crippen molar-refractivity contribution in [3.8, 4) is 0 Å². The highest BCUT2D eigenvalue weighted by atomic mass is 16.7. The van der Waals surface area contributed by atoms with Crippen LogP contribution in [0.25, 0.3) is 0 Å². The molecule has 13 heavy (non-hydrogen) atoms. The van der Waals surface area contributed by atoms with Gasteiger partial charge >= 0.3 is 0 Å². The van der Waals surface area contributed by atoms with Crippen molar-refractivity contribution in [2.24, 2.45) is 11.7 Å². The Hall–Kier alpha value is -0.200. The van der Waals surface area contributed by atoms with Crippen LogP contribution in [0.5, 0.6) is 0 Å². The second kappa shape index (κ2) is 4.34. The third kappa shape index (κ3) is 2.00. The van der Waals surface area contributed by atoms with Gasteiger partial charge in [-0.3, -0.25) is 0 Å². The number of aliphatic hydroxyl groups excluding tert-OH is 2. The van der Waals surface area contributed by atoms with Crippen LogP contribution in [-0.4, -0.2) is 48.5 Å². The zero-order chi connectivity index (χ0) is 10.0. The van der Waals surface area contributed by atoms with Crippen LogP contribution in [0.4, 0.5) is 0 Å². The van der Waals surface area contributed by atoms with Gasteiger partial charge in [-0.1, -0.05) is 6.92 Å². The Morgan fingerprint density at radius 3 is 2.46 bits per heavy atom. The van der Waals surface area contributed by atoms with Crippen molar-refractivity contribution in [1.29, 1.82) is 0 Å². The number of rotatable bonds is 2. The van der Waals surface area contributed by atoms with E-state index in [1.165, 1.54) is 7.11 Å². The average Bonchev–Trinajstić information content (AvgIpc) is 2.15. The van der Waals surface area contributed by atoms with E-state index >= 15 is 0 Å². The van der Waals surface area contributed by atoms with E-state index in [9.17, 15) is 10.2 Å². The minimum absolute atomic E-state index is 0.220. The molecule has 0 saturated carbocycles. The fraction of sp³-hybridized carbons (Fsp3) is 1.00. The van der Waals surface area contributed by atoms with E-state index in [2.05, 4.69) is 0 Å². The van der Waals surface area contributed by atoms with Crippen molar-refractivity contribution in [1.82, 2.24) is 0 Å². The van der Waals surface area contributed by atoms with Crippen molar-refractivity contribution < 1.29 is 19.7 Å². The van der Waals surface area contributed by atoms with Gasteiger partial charge in [0, 0.05) is 19.6 Å². The molecule has 0 aromatic carbocycles. The zero-order valence-corrected chi connectivity index (χ0v) is 7.88. The summed E-state index contributed by atoms with van der Waals surface area (Å²) in [5.74, 6) is -0.285. The maximum Gasteiger partial charge on any atom is 0.183 e. The quantitative estimate of drug-likeness (QED) is 0.504. The lowest BCUT2D eigenvalue weighted by Crippen LogP contribution is -2.55. The molecule has 1 aliphatic rings. The van der Waals surface area contributed by atoms with Gasteiger partial charge in [0.1, 0.15) is 6.10 Å². The number of ether oxygens (including phenoxy) is 2. The van der Waals surface area contributed by atoms with Gasteiger partial charge in [0.05, 0.1) is 12.2 Å². The molecule has 1 fully saturated rings. The van der Waals surface area contributed by atoms with Crippen molar-refractivity contribution >= 4 is 0 Å². The van der Waals surface area contributed by atoms with E-state index in [1.54, 1.807) is 6.92 Å². The summed E-state index contributed by atoms with van der Waals surface area (Å²) in [7, 11) is 1.45. The Kier molecular flexibility index (Phi) is 3.63. The molecule has 4 N–H and O–H groups in total. The molecule has 0 bridgehead atoms. The molecule has 3 unspecified atom stereocenters. The van der Waals surface area contributed by atoms with Gasteiger partial charge < -0.3 is 25.4 Å².